The fourth-order valence-electron chi connectivity index (χ4n) is 1.16. The van der Waals surface area contributed by atoms with Crippen molar-refractivity contribution in [2.45, 2.75) is 20.8 Å². The Morgan fingerprint density at radius 1 is 1.21 bits per heavy atom. The van der Waals surface area contributed by atoms with Crippen molar-refractivity contribution in [2.75, 3.05) is 0 Å². The Morgan fingerprint density at radius 3 is 2.50 bits per heavy atom. The van der Waals surface area contributed by atoms with Gasteiger partial charge in [0.15, 0.2) is 0 Å². The molecule has 0 radical (unpaired) electrons. The van der Waals surface area contributed by atoms with E-state index < -0.39 is 0 Å². The average Bonchev–Trinajstić information content (AvgIpc) is 2.10. The maximum atomic E-state index is 5.71. The smallest absolute Gasteiger partial charge is 0.0150 e. The maximum absolute atomic E-state index is 5.71. The first-order valence-corrected chi connectivity index (χ1v) is 5.05. The number of rotatable bonds is 2. The minimum Gasteiger partial charge on any atom is -0.0895 e. The van der Waals surface area contributed by atoms with E-state index in [0.29, 0.717) is 0 Å². The summed E-state index contributed by atoms with van der Waals surface area (Å²) in [5, 5.41) is 0.796. The molecule has 1 aromatic carbocycles. The van der Waals surface area contributed by atoms with E-state index in [1.54, 1.807) is 0 Å². The summed E-state index contributed by atoms with van der Waals surface area (Å²) in [4.78, 5) is 0. The lowest BCUT2D eigenvalue weighted by Gasteiger charge is -2.00. The van der Waals surface area contributed by atoms with Crippen LogP contribution in [0.3, 0.4) is 0 Å². The summed E-state index contributed by atoms with van der Waals surface area (Å²) in [5.74, 6) is 0. The van der Waals surface area contributed by atoms with E-state index in [1.807, 2.05) is 19.1 Å². The van der Waals surface area contributed by atoms with Crippen molar-refractivity contribution in [1.29, 1.82) is 0 Å². The molecular weight excluding hydrogens is 192 g/mol. The highest BCUT2D eigenvalue weighted by Gasteiger charge is 1.91. The number of halogens is 1. The molecule has 0 heterocycles. The van der Waals surface area contributed by atoms with Crippen LogP contribution in [0.1, 0.15) is 23.6 Å². The molecule has 0 aliphatic heterocycles. The van der Waals surface area contributed by atoms with Crippen molar-refractivity contribution < 1.29 is 0 Å². The van der Waals surface area contributed by atoms with Crippen LogP contribution in [-0.4, -0.2) is 0 Å². The van der Waals surface area contributed by atoms with Crippen LogP contribution in [0.25, 0.3) is 6.08 Å². The van der Waals surface area contributed by atoms with Gasteiger partial charge in [0, 0.05) is 5.03 Å². The first kappa shape index (κ1) is 11.1. The summed E-state index contributed by atoms with van der Waals surface area (Å²) in [5.41, 5.74) is 3.85. The van der Waals surface area contributed by atoms with Gasteiger partial charge in [-0.3, -0.25) is 0 Å². The molecule has 0 fully saturated rings. The largest absolute Gasteiger partial charge is 0.0895 e. The highest BCUT2D eigenvalue weighted by atomic mass is 35.5. The van der Waals surface area contributed by atoms with Crippen LogP contribution in [0.4, 0.5) is 0 Å². The van der Waals surface area contributed by atoms with E-state index >= 15 is 0 Å². The van der Waals surface area contributed by atoms with Gasteiger partial charge in [0.25, 0.3) is 0 Å². The monoisotopic (exact) mass is 206 g/mol. The molecule has 0 spiro atoms. The van der Waals surface area contributed by atoms with Crippen molar-refractivity contribution in [3.05, 3.63) is 52.1 Å². The zero-order valence-electron chi connectivity index (χ0n) is 8.84. The molecular formula is C13H15Cl. The minimum absolute atomic E-state index is 0.796. The van der Waals surface area contributed by atoms with E-state index in [-0.39, 0.29) is 0 Å². The Hall–Kier alpha value is -1.01. The predicted octanol–water partition coefficient (Wildman–Crippen LogP) is 4.46. The summed E-state index contributed by atoms with van der Waals surface area (Å²) in [7, 11) is 0. The SMILES string of the molecule is C/C(Cl)=C\C=C/c1ccc(C)c(C)c1. The predicted molar refractivity (Wildman–Crippen MR) is 64.6 cm³/mol. The van der Waals surface area contributed by atoms with Crippen LogP contribution in [-0.2, 0) is 0 Å². The molecule has 0 saturated carbocycles. The van der Waals surface area contributed by atoms with Gasteiger partial charge in [-0.1, -0.05) is 42.0 Å². The lowest BCUT2D eigenvalue weighted by Crippen LogP contribution is -1.80. The number of aryl methyl sites for hydroxylation is 2. The van der Waals surface area contributed by atoms with E-state index in [2.05, 4.69) is 38.1 Å². The van der Waals surface area contributed by atoms with Gasteiger partial charge in [0.2, 0.25) is 0 Å². The van der Waals surface area contributed by atoms with Crippen molar-refractivity contribution in [2.24, 2.45) is 0 Å². The standard InChI is InChI=1S/C13H15Cl/c1-10-7-8-13(9-11(10)2)6-4-5-12(3)14/h4-9H,1-3H3/b6-4-,12-5+. The average molecular weight is 207 g/mol. The molecule has 1 rings (SSSR count). The van der Waals surface area contributed by atoms with Gasteiger partial charge in [-0.15, -0.1) is 0 Å². The van der Waals surface area contributed by atoms with Gasteiger partial charge in [-0.05, 0) is 43.5 Å². The summed E-state index contributed by atoms with van der Waals surface area (Å²) in [6, 6.07) is 6.41. The summed E-state index contributed by atoms with van der Waals surface area (Å²) in [6.07, 6.45) is 5.90. The first-order chi connectivity index (χ1) is 6.59. The molecule has 0 N–H and O–H groups in total. The lowest BCUT2D eigenvalue weighted by atomic mass is 10.1. The molecule has 1 aromatic rings. The second-order valence-corrected chi connectivity index (χ2v) is 4.05. The van der Waals surface area contributed by atoms with Gasteiger partial charge in [0.1, 0.15) is 0 Å². The highest BCUT2D eigenvalue weighted by Crippen LogP contribution is 2.11. The zero-order chi connectivity index (χ0) is 10.6. The van der Waals surface area contributed by atoms with E-state index in [4.69, 9.17) is 11.6 Å². The van der Waals surface area contributed by atoms with Crippen LogP contribution in [0.5, 0.6) is 0 Å². The fourth-order valence-corrected chi connectivity index (χ4v) is 1.23. The van der Waals surface area contributed by atoms with E-state index in [1.165, 1.54) is 16.7 Å². The van der Waals surface area contributed by atoms with Gasteiger partial charge in [0.05, 0.1) is 0 Å². The maximum Gasteiger partial charge on any atom is 0.0150 e. The van der Waals surface area contributed by atoms with Crippen LogP contribution in [0.15, 0.2) is 35.4 Å². The van der Waals surface area contributed by atoms with Crippen molar-refractivity contribution in [3.63, 3.8) is 0 Å². The third-order valence-corrected chi connectivity index (χ3v) is 2.27. The molecule has 14 heavy (non-hydrogen) atoms. The normalized spacial score (nSPS) is 12.4. The molecule has 74 valence electrons. The molecule has 0 aliphatic rings. The number of allylic oxidation sites excluding steroid dienone is 3. The van der Waals surface area contributed by atoms with Crippen molar-refractivity contribution in [1.82, 2.24) is 0 Å². The number of hydrogen-bond acceptors (Lipinski definition) is 0. The molecule has 0 saturated heterocycles. The van der Waals surface area contributed by atoms with Gasteiger partial charge >= 0.3 is 0 Å². The summed E-state index contributed by atoms with van der Waals surface area (Å²) >= 11 is 5.71. The number of benzene rings is 1. The molecule has 0 bridgehead atoms. The Morgan fingerprint density at radius 2 is 1.93 bits per heavy atom. The topological polar surface area (TPSA) is 0 Å². The van der Waals surface area contributed by atoms with E-state index in [9.17, 15) is 0 Å². The molecule has 0 nitrogen and oxygen atoms in total. The van der Waals surface area contributed by atoms with Crippen LogP contribution < -0.4 is 0 Å². The second-order valence-electron chi connectivity index (χ2n) is 3.46. The molecule has 1 heteroatoms. The Labute approximate surface area is 90.9 Å². The third kappa shape index (κ3) is 3.39. The van der Waals surface area contributed by atoms with Crippen molar-refractivity contribution in [3.8, 4) is 0 Å². The lowest BCUT2D eigenvalue weighted by molar-refractivity contribution is 1.33. The fraction of sp³-hybridized carbons (Fsp3) is 0.231. The van der Waals surface area contributed by atoms with Gasteiger partial charge in [-0.2, -0.15) is 0 Å². The molecule has 0 unspecified atom stereocenters. The molecule has 0 amide bonds. The molecule has 0 aliphatic carbocycles. The van der Waals surface area contributed by atoms with Crippen LogP contribution >= 0.6 is 11.6 Å². The summed E-state index contributed by atoms with van der Waals surface area (Å²) < 4.78 is 0. The number of hydrogen-bond donors (Lipinski definition) is 0. The van der Waals surface area contributed by atoms with Gasteiger partial charge < -0.3 is 0 Å². The zero-order valence-corrected chi connectivity index (χ0v) is 9.60. The molecule has 0 atom stereocenters. The van der Waals surface area contributed by atoms with Gasteiger partial charge in [-0.25, -0.2) is 0 Å². The Bertz CT molecular complexity index is 369. The Kier molecular flexibility index (Phi) is 3.97. The molecule has 0 aromatic heterocycles. The first-order valence-electron chi connectivity index (χ1n) is 4.67. The summed E-state index contributed by atoms with van der Waals surface area (Å²) in [6.45, 7) is 6.10. The quantitative estimate of drug-likeness (QED) is 0.627. The second kappa shape index (κ2) is 5.02. The van der Waals surface area contributed by atoms with Crippen molar-refractivity contribution >= 4 is 17.7 Å². The van der Waals surface area contributed by atoms with E-state index in [0.717, 1.165) is 5.03 Å². The minimum atomic E-state index is 0.796. The highest BCUT2D eigenvalue weighted by molar-refractivity contribution is 6.29. The third-order valence-electron chi connectivity index (χ3n) is 2.15. The van der Waals surface area contributed by atoms with Crippen LogP contribution in [0, 0.1) is 13.8 Å². The Balaban J connectivity index is 2.83. The van der Waals surface area contributed by atoms with Crippen LogP contribution in [0.2, 0.25) is 0 Å².